The van der Waals surface area contributed by atoms with Crippen LogP contribution in [0.4, 0.5) is 5.69 Å². The van der Waals surface area contributed by atoms with Gasteiger partial charge in [-0.05, 0) is 31.0 Å². The number of halogens is 1. The smallest absolute Gasteiger partial charge is 0.335 e. The molecule has 1 aromatic carbocycles. The van der Waals surface area contributed by atoms with E-state index in [1.54, 1.807) is 12.1 Å². The summed E-state index contributed by atoms with van der Waals surface area (Å²) in [4.78, 5) is 10.9. The predicted octanol–water partition coefficient (Wildman–Crippen LogP) is 3.77. The molecule has 0 spiro atoms. The molecule has 0 saturated heterocycles. The van der Waals surface area contributed by atoms with Crippen molar-refractivity contribution in [1.82, 2.24) is 0 Å². The van der Waals surface area contributed by atoms with Gasteiger partial charge in [-0.1, -0.05) is 29.3 Å². The zero-order chi connectivity index (χ0) is 14.1. The number of ether oxygens (including phenoxy) is 1. The van der Waals surface area contributed by atoms with Crippen molar-refractivity contribution in [3.8, 4) is 0 Å². The van der Waals surface area contributed by atoms with Crippen LogP contribution in [0.1, 0.15) is 36.5 Å². The molecular weight excluding hydrogens is 310 g/mol. The summed E-state index contributed by atoms with van der Waals surface area (Å²) < 4.78 is 6.21. The monoisotopic (exact) mass is 329 g/mol. The molecule has 106 valence electrons. The third kappa shape index (κ3) is 6.59. The Kier molecular flexibility index (Phi) is 7.52. The van der Waals surface area contributed by atoms with Gasteiger partial charge in [0.1, 0.15) is 0 Å². The van der Waals surface area contributed by atoms with Crippen LogP contribution in [0.2, 0.25) is 0 Å². The number of anilines is 1. The molecule has 0 fully saturated rings. The highest BCUT2D eigenvalue weighted by molar-refractivity contribution is 9.10. The lowest BCUT2D eigenvalue weighted by atomic mass is 10.2. The maximum atomic E-state index is 10.9. The summed E-state index contributed by atoms with van der Waals surface area (Å²) in [6, 6.07) is 5.08. The fourth-order valence-electron chi connectivity index (χ4n) is 1.57. The zero-order valence-electron chi connectivity index (χ0n) is 11.1. The van der Waals surface area contributed by atoms with Crippen molar-refractivity contribution in [2.24, 2.45) is 0 Å². The van der Waals surface area contributed by atoms with E-state index in [4.69, 9.17) is 9.84 Å². The largest absolute Gasteiger partial charge is 0.478 e. The first-order chi connectivity index (χ1) is 9.13. The molecule has 0 unspecified atom stereocenters. The fourth-order valence-corrected chi connectivity index (χ4v) is 2.06. The molecule has 4 nitrogen and oxygen atoms in total. The Balaban J connectivity index is 2.31. The highest BCUT2D eigenvalue weighted by Gasteiger charge is 2.05. The average Bonchev–Trinajstić information content (AvgIpc) is 2.37. The van der Waals surface area contributed by atoms with Crippen molar-refractivity contribution in [3.63, 3.8) is 0 Å². The summed E-state index contributed by atoms with van der Waals surface area (Å²) in [6.45, 7) is 4.45. The summed E-state index contributed by atoms with van der Waals surface area (Å²) in [5.74, 6) is -0.924. The molecule has 0 heterocycles. The van der Waals surface area contributed by atoms with E-state index in [-0.39, 0.29) is 5.56 Å². The fraction of sp³-hybridized carbons (Fsp3) is 0.500. The SMILES string of the molecule is CCCCOCCCNc1cc(Br)cc(C(=O)O)c1. The van der Waals surface area contributed by atoms with Crippen LogP contribution in [0.25, 0.3) is 0 Å². The van der Waals surface area contributed by atoms with Crippen molar-refractivity contribution in [2.75, 3.05) is 25.1 Å². The van der Waals surface area contributed by atoms with E-state index in [1.807, 2.05) is 6.07 Å². The minimum Gasteiger partial charge on any atom is -0.478 e. The van der Waals surface area contributed by atoms with Crippen LogP contribution in [0.3, 0.4) is 0 Å². The highest BCUT2D eigenvalue weighted by Crippen LogP contribution is 2.19. The van der Waals surface area contributed by atoms with Gasteiger partial charge in [0.05, 0.1) is 5.56 Å². The van der Waals surface area contributed by atoms with Gasteiger partial charge in [-0.2, -0.15) is 0 Å². The van der Waals surface area contributed by atoms with Gasteiger partial charge in [0.25, 0.3) is 0 Å². The van der Waals surface area contributed by atoms with Crippen LogP contribution in [-0.4, -0.2) is 30.8 Å². The van der Waals surface area contributed by atoms with E-state index < -0.39 is 5.97 Å². The van der Waals surface area contributed by atoms with Gasteiger partial charge < -0.3 is 15.2 Å². The molecule has 0 radical (unpaired) electrons. The van der Waals surface area contributed by atoms with Crippen LogP contribution in [0, 0.1) is 0 Å². The molecule has 19 heavy (non-hydrogen) atoms. The van der Waals surface area contributed by atoms with E-state index in [9.17, 15) is 4.79 Å². The van der Waals surface area contributed by atoms with Crippen LogP contribution >= 0.6 is 15.9 Å². The summed E-state index contributed by atoms with van der Waals surface area (Å²) in [6.07, 6.45) is 3.15. The first-order valence-corrected chi connectivity index (χ1v) is 7.28. The van der Waals surface area contributed by atoms with Crippen LogP contribution in [0.15, 0.2) is 22.7 Å². The van der Waals surface area contributed by atoms with Crippen LogP contribution in [-0.2, 0) is 4.74 Å². The Bertz CT molecular complexity index is 410. The van der Waals surface area contributed by atoms with Gasteiger partial charge in [-0.15, -0.1) is 0 Å². The van der Waals surface area contributed by atoms with Crippen molar-refractivity contribution >= 4 is 27.6 Å². The molecular formula is C14H20BrNO3. The molecule has 0 aliphatic carbocycles. The van der Waals surface area contributed by atoms with Gasteiger partial charge >= 0.3 is 5.97 Å². The van der Waals surface area contributed by atoms with Crippen molar-refractivity contribution in [2.45, 2.75) is 26.2 Å². The summed E-state index contributed by atoms with van der Waals surface area (Å²) in [5.41, 5.74) is 1.08. The second-order valence-corrected chi connectivity index (χ2v) is 5.20. The number of unbranched alkanes of at least 4 members (excludes halogenated alkanes) is 1. The molecule has 2 N–H and O–H groups in total. The molecule has 0 bridgehead atoms. The lowest BCUT2D eigenvalue weighted by Gasteiger charge is -2.08. The van der Waals surface area contributed by atoms with E-state index >= 15 is 0 Å². The molecule has 1 rings (SSSR count). The Hall–Kier alpha value is -1.07. The van der Waals surface area contributed by atoms with E-state index in [0.29, 0.717) is 0 Å². The van der Waals surface area contributed by atoms with E-state index in [0.717, 1.165) is 49.2 Å². The number of aromatic carboxylic acids is 1. The Morgan fingerprint density at radius 2 is 2.05 bits per heavy atom. The lowest BCUT2D eigenvalue weighted by molar-refractivity contribution is 0.0697. The zero-order valence-corrected chi connectivity index (χ0v) is 12.7. The number of carbonyl (C=O) groups is 1. The second-order valence-electron chi connectivity index (χ2n) is 4.28. The normalized spacial score (nSPS) is 10.4. The Morgan fingerprint density at radius 3 is 2.74 bits per heavy atom. The molecule has 0 aliphatic rings. The van der Waals surface area contributed by atoms with Gasteiger partial charge in [0.15, 0.2) is 0 Å². The third-order valence-electron chi connectivity index (χ3n) is 2.58. The molecule has 1 aromatic rings. The number of hydrogen-bond donors (Lipinski definition) is 2. The van der Waals surface area contributed by atoms with Crippen molar-refractivity contribution in [3.05, 3.63) is 28.2 Å². The summed E-state index contributed by atoms with van der Waals surface area (Å²) >= 11 is 3.30. The molecule has 0 amide bonds. The average molecular weight is 330 g/mol. The first-order valence-electron chi connectivity index (χ1n) is 6.49. The standard InChI is InChI=1S/C14H20BrNO3/c1-2-3-6-19-7-4-5-16-13-9-11(14(17)18)8-12(15)10-13/h8-10,16H,2-7H2,1H3,(H,17,18). The molecule has 0 atom stereocenters. The summed E-state index contributed by atoms with van der Waals surface area (Å²) in [5, 5.41) is 12.2. The van der Waals surface area contributed by atoms with Gasteiger partial charge in [0, 0.05) is 29.9 Å². The Morgan fingerprint density at radius 1 is 1.32 bits per heavy atom. The number of benzene rings is 1. The van der Waals surface area contributed by atoms with Crippen LogP contribution < -0.4 is 5.32 Å². The number of nitrogens with one attached hydrogen (secondary N) is 1. The topological polar surface area (TPSA) is 58.6 Å². The van der Waals surface area contributed by atoms with Gasteiger partial charge in [-0.25, -0.2) is 4.79 Å². The molecule has 0 aromatic heterocycles. The molecule has 0 saturated carbocycles. The van der Waals surface area contributed by atoms with Crippen molar-refractivity contribution < 1.29 is 14.6 Å². The van der Waals surface area contributed by atoms with E-state index in [2.05, 4.69) is 28.2 Å². The Labute approximate surface area is 122 Å². The second kappa shape index (κ2) is 8.93. The van der Waals surface area contributed by atoms with Crippen molar-refractivity contribution in [1.29, 1.82) is 0 Å². The molecule has 5 heteroatoms. The van der Waals surface area contributed by atoms with Gasteiger partial charge in [0.2, 0.25) is 0 Å². The van der Waals surface area contributed by atoms with Gasteiger partial charge in [-0.3, -0.25) is 0 Å². The molecule has 0 aliphatic heterocycles. The highest BCUT2D eigenvalue weighted by atomic mass is 79.9. The third-order valence-corrected chi connectivity index (χ3v) is 3.04. The summed E-state index contributed by atoms with van der Waals surface area (Å²) in [7, 11) is 0. The van der Waals surface area contributed by atoms with E-state index in [1.165, 1.54) is 0 Å². The lowest BCUT2D eigenvalue weighted by Crippen LogP contribution is -2.07. The first kappa shape index (κ1) is 16.0. The minimum absolute atomic E-state index is 0.274. The maximum Gasteiger partial charge on any atom is 0.335 e. The van der Waals surface area contributed by atoms with Crippen LogP contribution in [0.5, 0.6) is 0 Å². The number of hydrogen-bond acceptors (Lipinski definition) is 3. The quantitative estimate of drug-likeness (QED) is 0.677. The number of carboxylic acid groups (broad SMARTS) is 1. The number of rotatable bonds is 9. The predicted molar refractivity (Wildman–Crippen MR) is 79.9 cm³/mol. The minimum atomic E-state index is -0.924. The maximum absolute atomic E-state index is 10.9. The number of carboxylic acids is 1.